The summed E-state index contributed by atoms with van der Waals surface area (Å²) in [4.78, 5) is 15.6. The van der Waals surface area contributed by atoms with Crippen molar-refractivity contribution < 1.29 is 4.79 Å². The van der Waals surface area contributed by atoms with Crippen LogP contribution in [0.2, 0.25) is 0 Å². The molecule has 1 heterocycles. The third-order valence-corrected chi connectivity index (χ3v) is 6.47. The number of benzene rings is 2. The van der Waals surface area contributed by atoms with E-state index in [9.17, 15) is 4.79 Å². The Bertz CT molecular complexity index is 770. The average molecular weight is 436 g/mol. The number of amides is 1. The third kappa shape index (κ3) is 8.07. The van der Waals surface area contributed by atoms with E-state index in [4.69, 9.17) is 0 Å². The van der Waals surface area contributed by atoms with Crippen LogP contribution in [0, 0.1) is 5.92 Å². The fraction of sp³-hybridized carbons (Fsp3) is 0.536. The van der Waals surface area contributed by atoms with Crippen molar-refractivity contribution in [2.24, 2.45) is 5.92 Å². The van der Waals surface area contributed by atoms with Crippen molar-refractivity contribution in [1.29, 1.82) is 0 Å². The van der Waals surface area contributed by atoms with Crippen molar-refractivity contribution in [3.63, 3.8) is 0 Å². The summed E-state index contributed by atoms with van der Waals surface area (Å²) < 4.78 is 0. The number of nitrogens with zero attached hydrogens (tertiary/aromatic N) is 1. The summed E-state index contributed by atoms with van der Waals surface area (Å²) in [5.41, 5.74) is 2.34. The van der Waals surface area contributed by atoms with Crippen LogP contribution in [0.3, 0.4) is 0 Å². The molecule has 0 saturated carbocycles. The first-order valence-corrected chi connectivity index (χ1v) is 12.4. The van der Waals surface area contributed by atoms with E-state index in [0.717, 1.165) is 57.5 Å². The van der Waals surface area contributed by atoms with Crippen LogP contribution >= 0.6 is 0 Å². The molecule has 1 amide bonds. The molecule has 3 rings (SSSR count). The number of hydrogen-bond acceptors (Lipinski definition) is 3. The number of piperidine rings is 1. The second kappa shape index (κ2) is 13.4. The molecule has 2 N–H and O–H groups in total. The van der Waals surface area contributed by atoms with Crippen LogP contribution in [0.15, 0.2) is 60.7 Å². The quantitative estimate of drug-likeness (QED) is 0.478. The number of nitrogens with one attached hydrogen (secondary N) is 2. The van der Waals surface area contributed by atoms with Gasteiger partial charge in [0.2, 0.25) is 5.91 Å². The van der Waals surface area contributed by atoms with E-state index in [-0.39, 0.29) is 11.8 Å². The number of carbonyl (C=O) groups excluding carboxylic acids is 1. The predicted molar refractivity (Wildman–Crippen MR) is 134 cm³/mol. The lowest BCUT2D eigenvalue weighted by molar-refractivity contribution is -0.134. The molecule has 2 aromatic rings. The smallest absolute Gasteiger partial charge is 0.230 e. The summed E-state index contributed by atoms with van der Waals surface area (Å²) in [6.07, 6.45) is 5.40. The monoisotopic (exact) mass is 435 g/mol. The second-order valence-corrected chi connectivity index (χ2v) is 9.44. The van der Waals surface area contributed by atoms with Gasteiger partial charge in [-0.2, -0.15) is 0 Å². The molecule has 4 nitrogen and oxygen atoms in total. The molecule has 0 bridgehead atoms. The van der Waals surface area contributed by atoms with Crippen molar-refractivity contribution in [1.82, 2.24) is 15.5 Å². The minimum atomic E-state index is -0.104. The molecule has 0 radical (unpaired) electrons. The van der Waals surface area contributed by atoms with Gasteiger partial charge in [0.25, 0.3) is 0 Å². The van der Waals surface area contributed by atoms with Crippen LogP contribution in [-0.2, 0) is 11.2 Å². The van der Waals surface area contributed by atoms with Gasteiger partial charge in [-0.15, -0.1) is 0 Å². The highest BCUT2D eigenvalue weighted by Gasteiger charge is 2.29. The number of rotatable bonds is 12. The molecular weight excluding hydrogens is 394 g/mol. The molecule has 2 aromatic carbocycles. The van der Waals surface area contributed by atoms with E-state index in [2.05, 4.69) is 65.8 Å². The van der Waals surface area contributed by atoms with Gasteiger partial charge in [0.15, 0.2) is 0 Å². The molecule has 1 saturated heterocycles. The standard InChI is InChI=1S/C28H41N3O/c1-23(2)30-18-10-9-17-29-22-25-15-19-31(20-16-25)28(32)27(26-13-7-4-8-14-26)21-24-11-5-3-6-12-24/h3-8,11-14,23,25,27,29-30H,9-10,15-22H2,1-2H3. The first-order valence-electron chi connectivity index (χ1n) is 12.4. The summed E-state index contributed by atoms with van der Waals surface area (Å²) in [6, 6.07) is 21.3. The minimum Gasteiger partial charge on any atom is -0.342 e. The SMILES string of the molecule is CC(C)NCCCCNCC1CCN(C(=O)C(Cc2ccccc2)c2ccccc2)CC1. The van der Waals surface area contributed by atoms with E-state index >= 15 is 0 Å². The maximum absolute atomic E-state index is 13.5. The largest absolute Gasteiger partial charge is 0.342 e. The van der Waals surface area contributed by atoms with Gasteiger partial charge in [-0.05, 0) is 68.8 Å². The number of hydrogen-bond donors (Lipinski definition) is 2. The van der Waals surface area contributed by atoms with Crippen LogP contribution in [0.25, 0.3) is 0 Å². The molecule has 1 aliphatic heterocycles. The zero-order valence-electron chi connectivity index (χ0n) is 19.9. The van der Waals surface area contributed by atoms with Gasteiger partial charge in [0, 0.05) is 19.1 Å². The Morgan fingerprint density at radius 2 is 1.56 bits per heavy atom. The van der Waals surface area contributed by atoms with Gasteiger partial charge >= 0.3 is 0 Å². The van der Waals surface area contributed by atoms with E-state index in [0.29, 0.717) is 12.0 Å². The highest BCUT2D eigenvalue weighted by atomic mass is 16.2. The zero-order valence-corrected chi connectivity index (χ0v) is 19.9. The van der Waals surface area contributed by atoms with E-state index in [1.807, 2.05) is 24.3 Å². The van der Waals surface area contributed by atoms with Crippen LogP contribution in [-0.4, -0.2) is 49.6 Å². The van der Waals surface area contributed by atoms with Crippen molar-refractivity contribution in [2.45, 2.75) is 57.9 Å². The summed E-state index contributed by atoms with van der Waals surface area (Å²) in [7, 11) is 0. The Balaban J connectivity index is 1.45. The van der Waals surface area contributed by atoms with Gasteiger partial charge in [-0.3, -0.25) is 4.79 Å². The van der Waals surface area contributed by atoms with Crippen LogP contribution in [0.5, 0.6) is 0 Å². The molecule has 174 valence electrons. The van der Waals surface area contributed by atoms with Gasteiger partial charge in [-0.1, -0.05) is 74.5 Å². The Morgan fingerprint density at radius 1 is 0.938 bits per heavy atom. The first-order chi connectivity index (χ1) is 15.6. The Morgan fingerprint density at radius 3 is 2.22 bits per heavy atom. The van der Waals surface area contributed by atoms with Gasteiger partial charge in [-0.25, -0.2) is 0 Å². The molecule has 0 spiro atoms. The zero-order chi connectivity index (χ0) is 22.6. The summed E-state index contributed by atoms with van der Waals surface area (Å²) >= 11 is 0. The lowest BCUT2D eigenvalue weighted by Crippen LogP contribution is -2.43. The summed E-state index contributed by atoms with van der Waals surface area (Å²) in [5.74, 6) is 0.856. The molecule has 1 aliphatic rings. The molecule has 1 unspecified atom stereocenters. The Labute approximate surface area is 194 Å². The Kier molecular flexibility index (Phi) is 10.2. The molecule has 1 atom stereocenters. The number of unbranched alkanes of at least 4 members (excludes halogenated alkanes) is 1. The molecule has 4 heteroatoms. The lowest BCUT2D eigenvalue weighted by atomic mass is 9.89. The fourth-order valence-corrected chi connectivity index (χ4v) is 4.53. The highest BCUT2D eigenvalue weighted by molar-refractivity contribution is 5.84. The maximum Gasteiger partial charge on any atom is 0.230 e. The van der Waals surface area contributed by atoms with Crippen molar-refractivity contribution in [2.75, 3.05) is 32.7 Å². The Hall–Kier alpha value is -2.17. The van der Waals surface area contributed by atoms with E-state index in [1.54, 1.807) is 0 Å². The van der Waals surface area contributed by atoms with Crippen LogP contribution in [0.1, 0.15) is 56.6 Å². The number of likely N-dealkylation sites (tertiary alicyclic amines) is 1. The van der Waals surface area contributed by atoms with Crippen molar-refractivity contribution in [3.05, 3.63) is 71.8 Å². The first kappa shape index (κ1) is 24.5. The molecule has 0 aliphatic carbocycles. The van der Waals surface area contributed by atoms with E-state index < -0.39 is 0 Å². The lowest BCUT2D eigenvalue weighted by Gasteiger charge is -2.34. The maximum atomic E-state index is 13.5. The third-order valence-electron chi connectivity index (χ3n) is 6.47. The fourth-order valence-electron chi connectivity index (χ4n) is 4.53. The topological polar surface area (TPSA) is 44.4 Å². The summed E-state index contributed by atoms with van der Waals surface area (Å²) in [5, 5.41) is 7.11. The van der Waals surface area contributed by atoms with Gasteiger partial charge in [0.05, 0.1) is 5.92 Å². The van der Waals surface area contributed by atoms with Crippen molar-refractivity contribution >= 4 is 5.91 Å². The minimum absolute atomic E-state index is 0.104. The normalized spacial score (nSPS) is 15.8. The molecule has 1 fully saturated rings. The van der Waals surface area contributed by atoms with Crippen LogP contribution < -0.4 is 10.6 Å². The van der Waals surface area contributed by atoms with Crippen molar-refractivity contribution in [3.8, 4) is 0 Å². The summed E-state index contributed by atoms with van der Waals surface area (Å²) in [6.45, 7) is 9.41. The average Bonchev–Trinajstić information content (AvgIpc) is 2.83. The molecule has 0 aromatic heterocycles. The second-order valence-electron chi connectivity index (χ2n) is 9.44. The van der Waals surface area contributed by atoms with Gasteiger partial charge < -0.3 is 15.5 Å². The van der Waals surface area contributed by atoms with Gasteiger partial charge in [0.1, 0.15) is 0 Å². The molecular formula is C28H41N3O. The molecule has 32 heavy (non-hydrogen) atoms. The number of carbonyl (C=O) groups is 1. The predicted octanol–water partition coefficient (Wildman–Crippen LogP) is 4.62. The van der Waals surface area contributed by atoms with Crippen LogP contribution in [0.4, 0.5) is 0 Å². The van der Waals surface area contributed by atoms with E-state index in [1.165, 1.54) is 18.4 Å². The highest BCUT2D eigenvalue weighted by Crippen LogP contribution is 2.26.